The van der Waals surface area contributed by atoms with Crippen LogP contribution in [0.4, 0.5) is 4.39 Å². The molecule has 2 aromatic rings. The number of aryl methyl sites for hydroxylation is 1. The summed E-state index contributed by atoms with van der Waals surface area (Å²) in [5.41, 5.74) is 0.0760. The van der Waals surface area contributed by atoms with E-state index in [0.29, 0.717) is 5.76 Å². The van der Waals surface area contributed by atoms with Gasteiger partial charge in [-0.05, 0) is 30.7 Å². The van der Waals surface area contributed by atoms with Crippen LogP contribution in [0.1, 0.15) is 38.0 Å². The van der Waals surface area contributed by atoms with Crippen molar-refractivity contribution in [2.75, 3.05) is 0 Å². The Morgan fingerprint density at radius 1 is 1.32 bits per heavy atom. The summed E-state index contributed by atoms with van der Waals surface area (Å²) < 4.78 is 45.5. The van der Waals surface area contributed by atoms with E-state index >= 15 is 0 Å². The molecule has 0 unspecified atom stereocenters. The molecular formula is C15H19FN2O3S. The van der Waals surface area contributed by atoms with Gasteiger partial charge in [0, 0.05) is 5.41 Å². The molecular weight excluding hydrogens is 307 g/mol. The zero-order valence-electron chi connectivity index (χ0n) is 13.0. The molecule has 0 bridgehead atoms. The van der Waals surface area contributed by atoms with Gasteiger partial charge in [0.1, 0.15) is 11.6 Å². The molecule has 2 rings (SSSR count). The summed E-state index contributed by atoms with van der Waals surface area (Å²) >= 11 is 0. The Morgan fingerprint density at radius 3 is 2.55 bits per heavy atom. The van der Waals surface area contributed by atoms with E-state index in [1.54, 1.807) is 6.20 Å². The Morgan fingerprint density at radius 2 is 2.00 bits per heavy atom. The fourth-order valence-electron chi connectivity index (χ4n) is 1.76. The van der Waals surface area contributed by atoms with Crippen LogP contribution in [0.15, 0.2) is 33.7 Å². The maximum atomic E-state index is 13.2. The van der Waals surface area contributed by atoms with Crippen molar-refractivity contribution in [2.45, 2.75) is 44.6 Å². The lowest BCUT2D eigenvalue weighted by atomic mass is 9.94. The van der Waals surface area contributed by atoms with Crippen molar-refractivity contribution in [3.05, 3.63) is 47.4 Å². The minimum absolute atomic E-state index is 0.00833. The standard InChI is InChI=1S/C15H19FN2O3S/c1-10-7-11(5-6-12(10)16)22(19,20)18-9-14-17-8-13(21-14)15(2,3)4/h5-8,18H,9H2,1-4H3. The van der Waals surface area contributed by atoms with Crippen LogP contribution in [0.2, 0.25) is 0 Å². The number of nitrogens with zero attached hydrogens (tertiary/aromatic N) is 1. The fraction of sp³-hybridized carbons (Fsp3) is 0.400. The minimum Gasteiger partial charge on any atom is -0.444 e. The second kappa shape index (κ2) is 5.81. The number of oxazole rings is 1. The van der Waals surface area contributed by atoms with E-state index in [2.05, 4.69) is 9.71 Å². The number of rotatable bonds is 4. The van der Waals surface area contributed by atoms with Gasteiger partial charge in [-0.1, -0.05) is 20.8 Å². The van der Waals surface area contributed by atoms with Gasteiger partial charge in [0.15, 0.2) is 0 Å². The summed E-state index contributed by atoms with van der Waals surface area (Å²) in [4.78, 5) is 4.07. The summed E-state index contributed by atoms with van der Waals surface area (Å²) in [6, 6.07) is 3.64. The molecule has 0 radical (unpaired) electrons. The van der Waals surface area contributed by atoms with Crippen LogP contribution in [0.3, 0.4) is 0 Å². The molecule has 22 heavy (non-hydrogen) atoms. The van der Waals surface area contributed by atoms with E-state index in [1.165, 1.54) is 19.1 Å². The van der Waals surface area contributed by atoms with Crippen LogP contribution in [-0.4, -0.2) is 13.4 Å². The van der Waals surface area contributed by atoms with Crippen molar-refractivity contribution in [1.82, 2.24) is 9.71 Å². The third-order valence-corrected chi connectivity index (χ3v) is 4.54. The van der Waals surface area contributed by atoms with Gasteiger partial charge in [0.2, 0.25) is 15.9 Å². The maximum absolute atomic E-state index is 13.2. The molecule has 5 nitrogen and oxygen atoms in total. The lowest BCUT2D eigenvalue weighted by Crippen LogP contribution is -2.23. The van der Waals surface area contributed by atoms with Gasteiger partial charge in [-0.15, -0.1) is 0 Å². The van der Waals surface area contributed by atoms with Gasteiger partial charge in [-0.2, -0.15) is 0 Å². The van der Waals surface area contributed by atoms with Gasteiger partial charge in [0.25, 0.3) is 0 Å². The highest BCUT2D eigenvalue weighted by atomic mass is 32.2. The average molecular weight is 326 g/mol. The molecule has 1 aromatic heterocycles. The van der Waals surface area contributed by atoms with Gasteiger partial charge < -0.3 is 4.42 Å². The number of halogens is 1. The predicted molar refractivity (Wildman–Crippen MR) is 80.4 cm³/mol. The summed E-state index contributed by atoms with van der Waals surface area (Å²) in [5, 5.41) is 0. The first-order valence-corrected chi connectivity index (χ1v) is 8.29. The van der Waals surface area contributed by atoms with Gasteiger partial charge in [-0.3, -0.25) is 0 Å². The molecule has 0 amide bonds. The van der Waals surface area contributed by atoms with E-state index < -0.39 is 15.8 Å². The molecule has 0 aliphatic carbocycles. The second-order valence-electron chi connectivity index (χ2n) is 6.10. The van der Waals surface area contributed by atoms with E-state index in [4.69, 9.17) is 4.42 Å². The van der Waals surface area contributed by atoms with Crippen molar-refractivity contribution >= 4 is 10.0 Å². The minimum atomic E-state index is -3.74. The van der Waals surface area contributed by atoms with E-state index in [-0.39, 0.29) is 28.3 Å². The van der Waals surface area contributed by atoms with Crippen LogP contribution in [-0.2, 0) is 22.0 Å². The van der Waals surface area contributed by atoms with E-state index in [1.807, 2.05) is 20.8 Å². The molecule has 0 spiro atoms. The third-order valence-electron chi connectivity index (χ3n) is 3.15. The second-order valence-corrected chi connectivity index (χ2v) is 7.87. The van der Waals surface area contributed by atoms with E-state index in [0.717, 1.165) is 6.07 Å². The summed E-state index contributed by atoms with van der Waals surface area (Å²) in [6.07, 6.45) is 1.59. The van der Waals surface area contributed by atoms with Crippen LogP contribution < -0.4 is 4.72 Å². The number of benzene rings is 1. The number of aromatic nitrogens is 1. The average Bonchev–Trinajstić information content (AvgIpc) is 2.88. The van der Waals surface area contributed by atoms with E-state index in [9.17, 15) is 12.8 Å². The Labute approximate surface area is 129 Å². The normalized spacial score (nSPS) is 12.6. The van der Waals surface area contributed by atoms with Crippen molar-refractivity contribution in [2.24, 2.45) is 0 Å². The molecule has 0 fully saturated rings. The Kier molecular flexibility index (Phi) is 4.39. The van der Waals surface area contributed by atoms with Crippen LogP contribution in [0, 0.1) is 12.7 Å². The van der Waals surface area contributed by atoms with Gasteiger partial charge in [-0.25, -0.2) is 22.5 Å². The van der Waals surface area contributed by atoms with Crippen molar-refractivity contribution in [3.8, 4) is 0 Å². The number of hydrogen-bond acceptors (Lipinski definition) is 4. The van der Waals surface area contributed by atoms with Gasteiger partial charge >= 0.3 is 0 Å². The SMILES string of the molecule is Cc1cc(S(=O)(=O)NCc2ncc(C(C)(C)C)o2)ccc1F. The van der Waals surface area contributed by atoms with Crippen molar-refractivity contribution < 1.29 is 17.2 Å². The molecule has 1 aromatic carbocycles. The predicted octanol–water partition coefficient (Wildman–Crippen LogP) is 2.90. The molecule has 0 aliphatic heterocycles. The molecule has 0 saturated carbocycles. The number of nitrogens with one attached hydrogen (secondary N) is 1. The Hall–Kier alpha value is -1.73. The monoisotopic (exact) mass is 326 g/mol. The van der Waals surface area contributed by atoms with Crippen molar-refractivity contribution in [3.63, 3.8) is 0 Å². The van der Waals surface area contributed by atoms with Crippen LogP contribution in [0.5, 0.6) is 0 Å². The highest BCUT2D eigenvalue weighted by Gasteiger charge is 2.20. The van der Waals surface area contributed by atoms with Gasteiger partial charge in [0.05, 0.1) is 17.6 Å². The summed E-state index contributed by atoms with van der Waals surface area (Å²) in [5.74, 6) is 0.521. The Bertz CT molecular complexity index is 776. The summed E-state index contributed by atoms with van der Waals surface area (Å²) in [6.45, 7) is 7.38. The zero-order valence-corrected chi connectivity index (χ0v) is 13.8. The molecule has 120 valence electrons. The molecule has 0 saturated heterocycles. The van der Waals surface area contributed by atoms with Crippen molar-refractivity contribution in [1.29, 1.82) is 0 Å². The highest BCUT2D eigenvalue weighted by Crippen LogP contribution is 2.22. The quantitative estimate of drug-likeness (QED) is 0.937. The zero-order chi connectivity index (χ0) is 16.5. The topological polar surface area (TPSA) is 72.2 Å². The first-order valence-electron chi connectivity index (χ1n) is 6.80. The largest absolute Gasteiger partial charge is 0.444 e. The first kappa shape index (κ1) is 16.6. The van der Waals surface area contributed by atoms with Crippen LogP contribution in [0.25, 0.3) is 0 Å². The Balaban J connectivity index is 2.13. The maximum Gasteiger partial charge on any atom is 0.241 e. The molecule has 7 heteroatoms. The number of hydrogen-bond donors (Lipinski definition) is 1. The first-order chi connectivity index (χ1) is 10.1. The summed E-state index contributed by atoms with van der Waals surface area (Å²) in [7, 11) is -3.74. The molecule has 1 heterocycles. The fourth-order valence-corrected chi connectivity index (χ4v) is 2.82. The smallest absolute Gasteiger partial charge is 0.241 e. The molecule has 0 aliphatic rings. The lowest BCUT2D eigenvalue weighted by Gasteiger charge is -2.13. The van der Waals surface area contributed by atoms with Crippen LogP contribution >= 0.6 is 0 Å². The highest BCUT2D eigenvalue weighted by molar-refractivity contribution is 7.89. The third kappa shape index (κ3) is 3.72. The number of sulfonamides is 1. The molecule has 1 N–H and O–H groups in total. The lowest BCUT2D eigenvalue weighted by molar-refractivity contribution is 0.380. The molecule has 0 atom stereocenters.